The van der Waals surface area contributed by atoms with Crippen molar-refractivity contribution in [3.63, 3.8) is 0 Å². The van der Waals surface area contributed by atoms with Gasteiger partial charge in [-0.15, -0.1) is 16.8 Å². The zero-order chi connectivity index (χ0) is 24.0. The molecule has 3 aromatic rings. The van der Waals surface area contributed by atoms with E-state index in [9.17, 15) is 14.9 Å². The van der Waals surface area contributed by atoms with Gasteiger partial charge in [-0.25, -0.2) is 0 Å². The summed E-state index contributed by atoms with van der Waals surface area (Å²) in [6.45, 7) is 8.07. The summed E-state index contributed by atoms with van der Waals surface area (Å²) in [6, 6.07) is 11.8. The molecule has 0 aliphatic heterocycles. The molecule has 1 atom stereocenters. The van der Waals surface area contributed by atoms with Crippen LogP contribution in [0, 0.1) is 17.0 Å². The number of hydrogen-bond donors (Lipinski definition) is 1. The Morgan fingerprint density at radius 1 is 1.36 bits per heavy atom. The number of hydrogen-bond acceptors (Lipinski definition) is 7. The van der Waals surface area contributed by atoms with E-state index in [2.05, 4.69) is 22.1 Å². The minimum atomic E-state index is -0.605. The van der Waals surface area contributed by atoms with Crippen LogP contribution in [0.15, 0.2) is 60.3 Å². The molecular formula is C22H22ClN5O4S. The Balaban J connectivity index is 1.68. The molecule has 0 aliphatic rings. The van der Waals surface area contributed by atoms with E-state index in [1.54, 1.807) is 6.08 Å². The van der Waals surface area contributed by atoms with Crippen molar-refractivity contribution in [1.29, 1.82) is 0 Å². The summed E-state index contributed by atoms with van der Waals surface area (Å²) in [4.78, 5) is 22.8. The highest BCUT2D eigenvalue weighted by Crippen LogP contribution is 2.29. The Bertz CT molecular complexity index is 1180. The fourth-order valence-corrected chi connectivity index (χ4v) is 3.94. The second-order valence-corrected chi connectivity index (χ2v) is 8.38. The van der Waals surface area contributed by atoms with Crippen LogP contribution in [0.4, 0.5) is 11.4 Å². The lowest BCUT2D eigenvalue weighted by Crippen LogP contribution is -2.15. The number of anilines is 1. The molecule has 33 heavy (non-hydrogen) atoms. The zero-order valence-corrected chi connectivity index (χ0v) is 19.6. The maximum atomic E-state index is 12.4. The predicted octanol–water partition coefficient (Wildman–Crippen LogP) is 5.20. The van der Waals surface area contributed by atoms with Gasteiger partial charge in [0.05, 0.1) is 10.7 Å². The quantitative estimate of drug-likeness (QED) is 0.181. The van der Waals surface area contributed by atoms with Crippen LogP contribution in [0.5, 0.6) is 5.75 Å². The minimum absolute atomic E-state index is 0.000495. The average Bonchev–Trinajstić information content (AvgIpc) is 3.18. The third-order valence-electron chi connectivity index (χ3n) is 4.58. The molecule has 9 nitrogen and oxygen atoms in total. The van der Waals surface area contributed by atoms with Gasteiger partial charge in [0.15, 0.2) is 17.1 Å². The van der Waals surface area contributed by atoms with E-state index in [-0.39, 0.29) is 34.2 Å². The van der Waals surface area contributed by atoms with Crippen LogP contribution in [-0.4, -0.2) is 31.3 Å². The number of ether oxygens (including phenoxy) is 1. The van der Waals surface area contributed by atoms with Crippen molar-refractivity contribution in [1.82, 2.24) is 14.8 Å². The maximum absolute atomic E-state index is 12.4. The first kappa shape index (κ1) is 24.3. The summed E-state index contributed by atoms with van der Waals surface area (Å²) in [5.41, 5.74) is 1.01. The summed E-state index contributed by atoms with van der Waals surface area (Å²) in [7, 11) is 0. The van der Waals surface area contributed by atoms with Crippen molar-refractivity contribution in [2.75, 3.05) is 11.1 Å². The second kappa shape index (κ2) is 11.0. The molecule has 172 valence electrons. The highest BCUT2D eigenvalue weighted by Gasteiger charge is 2.20. The lowest BCUT2D eigenvalue weighted by molar-refractivity contribution is -0.384. The molecule has 0 bridgehead atoms. The van der Waals surface area contributed by atoms with E-state index in [1.807, 2.05) is 42.7 Å². The van der Waals surface area contributed by atoms with E-state index in [1.165, 1.54) is 30.0 Å². The number of thioether (sulfide) groups is 1. The molecule has 11 heteroatoms. The minimum Gasteiger partial charge on any atom is -0.482 e. The van der Waals surface area contributed by atoms with Gasteiger partial charge in [-0.2, -0.15) is 0 Å². The molecular weight excluding hydrogens is 466 g/mol. The van der Waals surface area contributed by atoms with Gasteiger partial charge in [-0.05, 0) is 37.6 Å². The van der Waals surface area contributed by atoms with Gasteiger partial charge in [0.2, 0.25) is 5.91 Å². The molecule has 1 amide bonds. The Morgan fingerprint density at radius 2 is 2.12 bits per heavy atom. The van der Waals surface area contributed by atoms with Crippen LogP contribution in [0.25, 0.3) is 0 Å². The number of carbonyl (C=O) groups is 1. The van der Waals surface area contributed by atoms with Gasteiger partial charge in [0.1, 0.15) is 10.8 Å². The number of benzene rings is 2. The van der Waals surface area contributed by atoms with Gasteiger partial charge in [-0.1, -0.05) is 47.6 Å². The molecule has 1 unspecified atom stereocenters. The van der Waals surface area contributed by atoms with E-state index < -0.39 is 4.92 Å². The summed E-state index contributed by atoms with van der Waals surface area (Å²) < 4.78 is 7.90. The molecule has 1 N–H and O–H groups in total. The lowest BCUT2D eigenvalue weighted by atomic mass is 10.2. The monoisotopic (exact) mass is 487 g/mol. The Hall–Kier alpha value is -3.37. The third-order valence-corrected chi connectivity index (χ3v) is 5.86. The highest BCUT2D eigenvalue weighted by atomic mass is 35.5. The Morgan fingerprint density at radius 3 is 2.82 bits per heavy atom. The van der Waals surface area contributed by atoms with Crippen LogP contribution in [-0.2, 0) is 11.3 Å². The van der Waals surface area contributed by atoms with E-state index in [0.29, 0.717) is 17.5 Å². The van der Waals surface area contributed by atoms with Gasteiger partial charge in [0, 0.05) is 18.3 Å². The molecule has 3 rings (SSSR count). The summed E-state index contributed by atoms with van der Waals surface area (Å²) in [6.07, 6.45) is 1.33. The summed E-state index contributed by atoms with van der Waals surface area (Å²) in [5.74, 6) is 1.03. The number of amides is 1. The van der Waals surface area contributed by atoms with Gasteiger partial charge < -0.3 is 10.1 Å². The van der Waals surface area contributed by atoms with E-state index in [4.69, 9.17) is 16.3 Å². The fourth-order valence-electron chi connectivity index (χ4n) is 3.00. The number of aryl methyl sites for hydroxylation is 1. The average molecular weight is 488 g/mol. The number of para-hydroxylation sites is 1. The van der Waals surface area contributed by atoms with Crippen molar-refractivity contribution in [3.8, 4) is 5.75 Å². The summed E-state index contributed by atoms with van der Waals surface area (Å²) >= 11 is 7.00. The number of nitrogens with one attached hydrogen (secondary N) is 1. The molecule has 0 spiro atoms. The maximum Gasteiger partial charge on any atom is 0.289 e. The lowest BCUT2D eigenvalue weighted by Gasteiger charge is -2.17. The van der Waals surface area contributed by atoms with Gasteiger partial charge >= 0.3 is 0 Å². The molecule has 2 aromatic carbocycles. The summed E-state index contributed by atoms with van der Waals surface area (Å²) in [5, 5.41) is 22.7. The zero-order valence-electron chi connectivity index (χ0n) is 18.0. The number of carbonyl (C=O) groups excluding carboxylic acids is 1. The smallest absolute Gasteiger partial charge is 0.289 e. The predicted molar refractivity (Wildman–Crippen MR) is 128 cm³/mol. The van der Waals surface area contributed by atoms with Crippen LogP contribution < -0.4 is 10.1 Å². The number of rotatable bonds is 10. The van der Waals surface area contributed by atoms with E-state index in [0.717, 1.165) is 11.3 Å². The number of allylic oxidation sites excluding steroid dienone is 1. The Kier molecular flexibility index (Phi) is 8.07. The van der Waals surface area contributed by atoms with Gasteiger partial charge in [0.25, 0.3) is 5.69 Å². The molecule has 0 saturated carbocycles. The highest BCUT2D eigenvalue weighted by molar-refractivity contribution is 7.99. The first-order chi connectivity index (χ1) is 15.8. The van der Waals surface area contributed by atoms with Crippen molar-refractivity contribution in [3.05, 3.63) is 81.6 Å². The first-order valence-corrected chi connectivity index (χ1v) is 11.3. The number of aromatic nitrogens is 3. The molecule has 1 aromatic heterocycles. The van der Waals surface area contributed by atoms with E-state index >= 15 is 0 Å². The standard InChI is InChI=1S/C22H22ClN5O4S/c1-4-11-27-21(15(3)32-19-8-6-5-7-14(19)2)25-26-22(27)33-13-20(29)24-16-9-10-17(23)18(12-16)28(30)31/h4-10,12,15H,1,11,13H2,2-3H3,(H,24,29). The fraction of sp³-hybridized carbons (Fsp3) is 0.227. The van der Waals surface area contributed by atoms with Crippen molar-refractivity contribution >= 4 is 40.6 Å². The van der Waals surface area contributed by atoms with Crippen LogP contribution in [0.3, 0.4) is 0 Å². The second-order valence-electron chi connectivity index (χ2n) is 7.03. The van der Waals surface area contributed by atoms with Crippen molar-refractivity contribution in [2.24, 2.45) is 0 Å². The molecule has 1 heterocycles. The molecule has 0 radical (unpaired) electrons. The topological polar surface area (TPSA) is 112 Å². The first-order valence-electron chi connectivity index (χ1n) is 9.93. The van der Waals surface area contributed by atoms with Gasteiger partial charge in [-0.3, -0.25) is 19.5 Å². The SMILES string of the molecule is C=CCn1c(SCC(=O)Nc2ccc(Cl)c([N+](=O)[O-])c2)nnc1C(C)Oc1ccccc1C. The van der Waals surface area contributed by atoms with Crippen LogP contribution >= 0.6 is 23.4 Å². The van der Waals surface area contributed by atoms with Crippen LogP contribution in [0.1, 0.15) is 24.4 Å². The van der Waals surface area contributed by atoms with Crippen molar-refractivity contribution in [2.45, 2.75) is 31.7 Å². The van der Waals surface area contributed by atoms with Crippen LogP contribution in [0.2, 0.25) is 5.02 Å². The largest absolute Gasteiger partial charge is 0.482 e. The Labute approximate surface area is 200 Å². The number of nitrogens with zero attached hydrogens (tertiary/aromatic N) is 4. The molecule has 0 saturated heterocycles. The normalized spacial score (nSPS) is 11.6. The number of nitro groups is 1. The number of nitro benzene ring substituents is 1. The third kappa shape index (κ3) is 6.11. The number of halogens is 1. The molecule has 0 aliphatic carbocycles. The molecule has 0 fully saturated rings. The van der Waals surface area contributed by atoms with Crippen molar-refractivity contribution < 1.29 is 14.5 Å².